The Labute approximate surface area is 117 Å². The Balaban J connectivity index is 2.23. The number of nitrogens with one attached hydrogen (secondary N) is 1. The van der Waals surface area contributed by atoms with Crippen LogP contribution >= 0.6 is 0 Å². The van der Waals surface area contributed by atoms with Gasteiger partial charge in [0, 0.05) is 24.9 Å². The SMILES string of the molecule is Cn1cc(NC(=O)c2ccccc2CCN)ccc1=O. The van der Waals surface area contributed by atoms with Crippen molar-refractivity contribution >= 4 is 11.6 Å². The zero-order valence-electron chi connectivity index (χ0n) is 11.3. The van der Waals surface area contributed by atoms with E-state index in [4.69, 9.17) is 5.73 Å². The molecule has 1 aromatic carbocycles. The summed E-state index contributed by atoms with van der Waals surface area (Å²) in [5.74, 6) is -0.201. The van der Waals surface area contributed by atoms with Crippen LogP contribution in [0.1, 0.15) is 15.9 Å². The van der Waals surface area contributed by atoms with Gasteiger partial charge in [-0.3, -0.25) is 9.59 Å². The smallest absolute Gasteiger partial charge is 0.255 e. The fraction of sp³-hybridized carbons (Fsp3) is 0.200. The fourth-order valence-corrected chi connectivity index (χ4v) is 1.98. The summed E-state index contributed by atoms with van der Waals surface area (Å²) < 4.78 is 1.42. The van der Waals surface area contributed by atoms with Crippen LogP contribution in [0.3, 0.4) is 0 Å². The van der Waals surface area contributed by atoms with Crippen LogP contribution in [0.4, 0.5) is 5.69 Å². The maximum atomic E-state index is 12.3. The summed E-state index contributed by atoms with van der Waals surface area (Å²) in [5.41, 5.74) is 7.53. The van der Waals surface area contributed by atoms with Gasteiger partial charge in [-0.25, -0.2) is 0 Å². The summed E-state index contributed by atoms with van der Waals surface area (Å²) in [4.78, 5) is 23.6. The minimum Gasteiger partial charge on any atom is -0.330 e. The third-order valence-electron chi connectivity index (χ3n) is 3.02. The number of aryl methyl sites for hydroxylation is 1. The molecular weight excluding hydrogens is 254 g/mol. The average molecular weight is 271 g/mol. The van der Waals surface area contributed by atoms with E-state index in [9.17, 15) is 9.59 Å². The number of carbonyl (C=O) groups is 1. The Morgan fingerprint density at radius 1 is 1.25 bits per heavy atom. The van der Waals surface area contributed by atoms with E-state index in [-0.39, 0.29) is 11.5 Å². The Morgan fingerprint density at radius 3 is 2.70 bits per heavy atom. The molecule has 104 valence electrons. The van der Waals surface area contributed by atoms with Crippen LogP contribution in [-0.4, -0.2) is 17.0 Å². The number of hydrogen-bond donors (Lipinski definition) is 2. The summed E-state index contributed by atoms with van der Waals surface area (Å²) >= 11 is 0. The number of amides is 1. The Bertz CT molecular complexity index is 677. The first-order valence-corrected chi connectivity index (χ1v) is 6.38. The topological polar surface area (TPSA) is 77.1 Å². The van der Waals surface area contributed by atoms with Gasteiger partial charge in [0.05, 0.1) is 5.69 Å². The molecule has 1 heterocycles. The first-order valence-electron chi connectivity index (χ1n) is 6.38. The minimum absolute atomic E-state index is 0.119. The van der Waals surface area contributed by atoms with Crippen LogP contribution < -0.4 is 16.6 Å². The molecule has 2 rings (SSSR count). The van der Waals surface area contributed by atoms with Gasteiger partial charge in [0.1, 0.15) is 0 Å². The molecule has 0 radical (unpaired) electrons. The Hall–Kier alpha value is -2.40. The molecule has 0 bridgehead atoms. The van der Waals surface area contributed by atoms with Crippen molar-refractivity contribution in [3.63, 3.8) is 0 Å². The molecule has 0 atom stereocenters. The van der Waals surface area contributed by atoms with Gasteiger partial charge >= 0.3 is 0 Å². The van der Waals surface area contributed by atoms with Crippen molar-refractivity contribution in [1.82, 2.24) is 4.57 Å². The van der Waals surface area contributed by atoms with E-state index in [1.54, 1.807) is 25.4 Å². The lowest BCUT2D eigenvalue weighted by atomic mass is 10.0. The lowest BCUT2D eigenvalue weighted by molar-refractivity contribution is 0.102. The molecule has 0 fully saturated rings. The van der Waals surface area contributed by atoms with E-state index in [0.717, 1.165) is 5.56 Å². The average Bonchev–Trinajstić information content (AvgIpc) is 2.44. The number of benzene rings is 1. The van der Waals surface area contributed by atoms with Gasteiger partial charge in [0.2, 0.25) is 5.56 Å². The van der Waals surface area contributed by atoms with Crippen LogP contribution in [0.25, 0.3) is 0 Å². The third kappa shape index (κ3) is 3.13. The molecule has 5 nitrogen and oxygen atoms in total. The molecule has 0 saturated carbocycles. The molecule has 1 aromatic heterocycles. The minimum atomic E-state index is -0.201. The lowest BCUT2D eigenvalue weighted by Gasteiger charge is -2.10. The summed E-state index contributed by atoms with van der Waals surface area (Å²) in [6.07, 6.45) is 2.24. The second-order valence-electron chi connectivity index (χ2n) is 4.52. The van der Waals surface area contributed by atoms with E-state index in [1.165, 1.54) is 10.6 Å². The second kappa shape index (κ2) is 6.16. The van der Waals surface area contributed by atoms with Crippen molar-refractivity contribution < 1.29 is 4.79 Å². The third-order valence-corrected chi connectivity index (χ3v) is 3.02. The largest absolute Gasteiger partial charge is 0.330 e. The number of carbonyl (C=O) groups excluding carboxylic acids is 1. The van der Waals surface area contributed by atoms with Crippen molar-refractivity contribution in [2.24, 2.45) is 12.8 Å². The number of hydrogen-bond acceptors (Lipinski definition) is 3. The molecule has 20 heavy (non-hydrogen) atoms. The van der Waals surface area contributed by atoms with Crippen LogP contribution in [-0.2, 0) is 13.5 Å². The highest BCUT2D eigenvalue weighted by Crippen LogP contribution is 2.12. The molecule has 0 saturated heterocycles. The van der Waals surface area contributed by atoms with Gasteiger partial charge in [0.25, 0.3) is 5.91 Å². The van der Waals surface area contributed by atoms with Crippen LogP contribution in [0.5, 0.6) is 0 Å². The molecular formula is C15H17N3O2. The van der Waals surface area contributed by atoms with Crippen molar-refractivity contribution in [3.05, 3.63) is 64.1 Å². The Kier molecular flexibility index (Phi) is 4.32. The number of anilines is 1. The van der Waals surface area contributed by atoms with E-state index in [2.05, 4.69) is 5.32 Å². The van der Waals surface area contributed by atoms with Crippen molar-refractivity contribution in [3.8, 4) is 0 Å². The normalized spacial score (nSPS) is 10.3. The molecule has 5 heteroatoms. The quantitative estimate of drug-likeness (QED) is 0.875. The van der Waals surface area contributed by atoms with Gasteiger partial charge in [-0.15, -0.1) is 0 Å². The summed E-state index contributed by atoms with van der Waals surface area (Å²) in [6.45, 7) is 0.490. The molecule has 0 spiro atoms. The van der Waals surface area contributed by atoms with E-state index >= 15 is 0 Å². The number of rotatable bonds is 4. The highest BCUT2D eigenvalue weighted by atomic mass is 16.1. The molecule has 0 unspecified atom stereocenters. The maximum absolute atomic E-state index is 12.3. The molecule has 3 N–H and O–H groups in total. The molecule has 2 aromatic rings. The van der Waals surface area contributed by atoms with E-state index in [1.807, 2.05) is 18.2 Å². The number of nitrogens with two attached hydrogens (primary N) is 1. The lowest BCUT2D eigenvalue weighted by Crippen LogP contribution is -2.19. The van der Waals surface area contributed by atoms with Crippen molar-refractivity contribution in [1.29, 1.82) is 0 Å². The zero-order valence-corrected chi connectivity index (χ0v) is 11.3. The number of aromatic nitrogens is 1. The highest BCUT2D eigenvalue weighted by molar-refractivity contribution is 6.05. The first-order chi connectivity index (χ1) is 9.61. The van der Waals surface area contributed by atoms with E-state index < -0.39 is 0 Å². The van der Waals surface area contributed by atoms with Gasteiger partial charge in [-0.1, -0.05) is 18.2 Å². The summed E-state index contributed by atoms with van der Waals surface area (Å²) in [7, 11) is 1.64. The van der Waals surface area contributed by atoms with Gasteiger partial charge in [-0.05, 0) is 30.7 Å². The zero-order chi connectivity index (χ0) is 14.5. The predicted octanol–water partition coefficient (Wildman–Crippen LogP) is 1.14. The van der Waals surface area contributed by atoms with Crippen molar-refractivity contribution in [2.75, 3.05) is 11.9 Å². The molecule has 0 aliphatic heterocycles. The molecule has 0 aliphatic rings. The van der Waals surface area contributed by atoms with Gasteiger partial charge in [-0.2, -0.15) is 0 Å². The Morgan fingerprint density at radius 2 is 2.00 bits per heavy atom. The van der Waals surface area contributed by atoms with Gasteiger partial charge in [0.15, 0.2) is 0 Å². The fourth-order valence-electron chi connectivity index (χ4n) is 1.98. The predicted molar refractivity (Wildman–Crippen MR) is 78.8 cm³/mol. The van der Waals surface area contributed by atoms with Gasteiger partial charge < -0.3 is 15.6 Å². The van der Waals surface area contributed by atoms with E-state index in [0.29, 0.717) is 24.2 Å². The summed E-state index contributed by atoms with van der Waals surface area (Å²) in [6, 6.07) is 10.4. The highest BCUT2D eigenvalue weighted by Gasteiger charge is 2.10. The number of pyridine rings is 1. The first kappa shape index (κ1) is 14.0. The molecule has 1 amide bonds. The summed E-state index contributed by atoms with van der Waals surface area (Å²) in [5, 5.41) is 2.79. The molecule has 0 aliphatic carbocycles. The van der Waals surface area contributed by atoms with Crippen LogP contribution in [0.2, 0.25) is 0 Å². The maximum Gasteiger partial charge on any atom is 0.255 e. The standard InChI is InChI=1S/C15H17N3O2/c1-18-10-12(6-7-14(18)19)17-15(20)13-5-3-2-4-11(13)8-9-16/h2-7,10H,8-9,16H2,1H3,(H,17,20). The van der Waals surface area contributed by atoms with Crippen molar-refractivity contribution in [2.45, 2.75) is 6.42 Å². The second-order valence-corrected chi connectivity index (χ2v) is 4.52. The number of nitrogens with zero attached hydrogens (tertiary/aromatic N) is 1. The van der Waals surface area contributed by atoms with Crippen LogP contribution in [0.15, 0.2) is 47.4 Å². The monoisotopic (exact) mass is 271 g/mol. The van der Waals surface area contributed by atoms with Crippen LogP contribution in [0, 0.1) is 0 Å².